The average Bonchev–Trinajstić information content (AvgIpc) is 2.54. The lowest BCUT2D eigenvalue weighted by atomic mass is 9.88. The van der Waals surface area contributed by atoms with Crippen LogP contribution in [0.25, 0.3) is 0 Å². The maximum Gasteiger partial charge on any atom is 0.315 e. The van der Waals surface area contributed by atoms with Crippen molar-refractivity contribution in [2.45, 2.75) is 12.5 Å². The fourth-order valence-electron chi connectivity index (χ4n) is 2.41. The molecule has 0 saturated heterocycles. The first-order valence-corrected chi connectivity index (χ1v) is 6.69. The number of carbonyl (C=O) groups is 1. The molecule has 0 spiro atoms. The Balaban J connectivity index is 2.25. The Morgan fingerprint density at radius 3 is 2.79 bits per heavy atom. The standard InChI is InChI=1S/C15H11BrO3/c16-10-6-5-9-8-19-13-4-2-1-3-11(13)14(15(17)18)12(9)7-10/h1-7,14H,8H2,(H,17,18)/t14-/m1/s1. The maximum atomic E-state index is 11.7. The number of halogens is 1. The molecule has 1 aliphatic heterocycles. The Bertz CT molecular complexity index is 652. The number of aliphatic carboxylic acids is 1. The lowest BCUT2D eigenvalue weighted by Crippen LogP contribution is -2.13. The summed E-state index contributed by atoms with van der Waals surface area (Å²) in [6.45, 7) is 0.392. The van der Waals surface area contributed by atoms with Crippen LogP contribution in [0.2, 0.25) is 0 Å². The van der Waals surface area contributed by atoms with Crippen molar-refractivity contribution in [1.29, 1.82) is 0 Å². The zero-order valence-corrected chi connectivity index (χ0v) is 11.6. The van der Waals surface area contributed by atoms with Gasteiger partial charge in [0.15, 0.2) is 0 Å². The summed E-state index contributed by atoms with van der Waals surface area (Å²) in [6, 6.07) is 13.0. The highest BCUT2D eigenvalue weighted by Gasteiger charge is 2.30. The molecule has 0 radical (unpaired) electrons. The first-order chi connectivity index (χ1) is 9.16. The molecule has 2 aromatic rings. The number of hydrogen-bond donors (Lipinski definition) is 1. The number of carboxylic acids is 1. The van der Waals surface area contributed by atoms with Crippen molar-refractivity contribution in [3.8, 4) is 5.75 Å². The highest BCUT2D eigenvalue weighted by molar-refractivity contribution is 9.10. The summed E-state index contributed by atoms with van der Waals surface area (Å²) >= 11 is 3.40. The molecular formula is C15H11BrO3. The van der Waals surface area contributed by atoms with Crippen molar-refractivity contribution < 1.29 is 14.6 Å². The molecule has 0 unspecified atom stereocenters. The van der Waals surface area contributed by atoms with E-state index in [1.54, 1.807) is 0 Å². The summed E-state index contributed by atoms with van der Waals surface area (Å²) < 4.78 is 6.59. The number of fused-ring (bicyclic) bond motifs is 2. The van der Waals surface area contributed by atoms with Gasteiger partial charge in [0.25, 0.3) is 0 Å². The van der Waals surface area contributed by atoms with Gasteiger partial charge in [-0.05, 0) is 29.3 Å². The number of para-hydroxylation sites is 1. The van der Waals surface area contributed by atoms with E-state index < -0.39 is 11.9 Å². The molecular weight excluding hydrogens is 308 g/mol. The molecule has 1 atom stereocenters. The summed E-state index contributed by atoms with van der Waals surface area (Å²) in [4.78, 5) is 11.7. The number of carboxylic acid groups (broad SMARTS) is 1. The molecule has 1 aliphatic rings. The van der Waals surface area contributed by atoms with Crippen molar-refractivity contribution in [2.24, 2.45) is 0 Å². The summed E-state index contributed by atoms with van der Waals surface area (Å²) in [7, 11) is 0. The van der Waals surface area contributed by atoms with Gasteiger partial charge in [-0.15, -0.1) is 0 Å². The highest BCUT2D eigenvalue weighted by Crippen LogP contribution is 2.38. The van der Waals surface area contributed by atoms with Gasteiger partial charge in [-0.25, -0.2) is 0 Å². The van der Waals surface area contributed by atoms with Crippen LogP contribution in [0.15, 0.2) is 46.9 Å². The normalized spacial score (nSPS) is 16.8. The van der Waals surface area contributed by atoms with Gasteiger partial charge in [-0.1, -0.05) is 40.2 Å². The molecule has 2 aromatic carbocycles. The first kappa shape index (κ1) is 12.2. The number of ether oxygens (including phenoxy) is 1. The molecule has 3 rings (SSSR count). The predicted molar refractivity (Wildman–Crippen MR) is 74.4 cm³/mol. The van der Waals surface area contributed by atoms with Gasteiger partial charge in [0, 0.05) is 10.0 Å². The van der Waals surface area contributed by atoms with E-state index in [9.17, 15) is 9.90 Å². The van der Waals surface area contributed by atoms with Gasteiger partial charge in [-0.2, -0.15) is 0 Å². The average molecular weight is 319 g/mol. The number of hydrogen-bond acceptors (Lipinski definition) is 2. The fourth-order valence-corrected chi connectivity index (χ4v) is 2.78. The van der Waals surface area contributed by atoms with Crippen LogP contribution in [-0.2, 0) is 11.4 Å². The van der Waals surface area contributed by atoms with Crippen LogP contribution in [0.5, 0.6) is 5.75 Å². The quantitative estimate of drug-likeness (QED) is 0.874. The maximum absolute atomic E-state index is 11.7. The zero-order chi connectivity index (χ0) is 13.4. The molecule has 1 heterocycles. The van der Waals surface area contributed by atoms with E-state index in [2.05, 4.69) is 15.9 Å². The first-order valence-electron chi connectivity index (χ1n) is 5.89. The van der Waals surface area contributed by atoms with Crippen molar-refractivity contribution in [2.75, 3.05) is 0 Å². The van der Waals surface area contributed by atoms with Crippen LogP contribution in [-0.4, -0.2) is 11.1 Å². The van der Waals surface area contributed by atoms with Crippen molar-refractivity contribution in [1.82, 2.24) is 0 Å². The van der Waals surface area contributed by atoms with Crippen LogP contribution >= 0.6 is 15.9 Å². The Labute approximate surface area is 119 Å². The minimum absolute atomic E-state index is 0.392. The van der Waals surface area contributed by atoms with Crippen molar-refractivity contribution >= 4 is 21.9 Å². The molecule has 0 saturated carbocycles. The lowest BCUT2D eigenvalue weighted by Gasteiger charge is -2.14. The second-order valence-corrected chi connectivity index (χ2v) is 5.36. The van der Waals surface area contributed by atoms with E-state index in [-0.39, 0.29) is 0 Å². The van der Waals surface area contributed by atoms with Gasteiger partial charge in [0.05, 0.1) is 0 Å². The van der Waals surface area contributed by atoms with E-state index in [0.717, 1.165) is 15.6 Å². The van der Waals surface area contributed by atoms with Gasteiger partial charge in [0.1, 0.15) is 18.3 Å². The monoisotopic (exact) mass is 318 g/mol. The Hall–Kier alpha value is -1.81. The third-order valence-electron chi connectivity index (χ3n) is 3.28. The molecule has 96 valence electrons. The van der Waals surface area contributed by atoms with E-state index in [1.807, 2.05) is 42.5 Å². The highest BCUT2D eigenvalue weighted by atomic mass is 79.9. The molecule has 19 heavy (non-hydrogen) atoms. The lowest BCUT2D eigenvalue weighted by molar-refractivity contribution is -0.137. The fraction of sp³-hybridized carbons (Fsp3) is 0.133. The topological polar surface area (TPSA) is 46.5 Å². The summed E-state index contributed by atoms with van der Waals surface area (Å²) in [6.07, 6.45) is 0. The molecule has 0 fully saturated rings. The predicted octanol–water partition coefficient (Wildman–Crippen LogP) is 3.56. The van der Waals surface area contributed by atoms with Gasteiger partial charge >= 0.3 is 5.97 Å². The molecule has 0 bridgehead atoms. The molecule has 0 aliphatic carbocycles. The Morgan fingerprint density at radius 1 is 1.21 bits per heavy atom. The summed E-state index contributed by atoms with van der Waals surface area (Å²) in [5.74, 6) is -0.911. The number of benzene rings is 2. The molecule has 1 N–H and O–H groups in total. The van der Waals surface area contributed by atoms with Gasteiger partial charge in [0.2, 0.25) is 0 Å². The van der Waals surface area contributed by atoms with Gasteiger partial charge in [-0.3, -0.25) is 4.79 Å². The van der Waals surface area contributed by atoms with Crippen LogP contribution in [0.1, 0.15) is 22.6 Å². The van der Waals surface area contributed by atoms with Crippen molar-refractivity contribution in [3.63, 3.8) is 0 Å². The Morgan fingerprint density at radius 2 is 2.00 bits per heavy atom. The van der Waals surface area contributed by atoms with E-state index in [1.165, 1.54) is 0 Å². The molecule has 0 amide bonds. The second kappa shape index (κ2) is 4.70. The van der Waals surface area contributed by atoms with Crippen LogP contribution in [0.4, 0.5) is 0 Å². The molecule has 4 heteroatoms. The minimum Gasteiger partial charge on any atom is -0.489 e. The summed E-state index contributed by atoms with van der Waals surface area (Å²) in [5.41, 5.74) is 2.39. The zero-order valence-electron chi connectivity index (χ0n) is 9.97. The van der Waals surface area contributed by atoms with Crippen LogP contribution in [0, 0.1) is 0 Å². The summed E-state index contributed by atoms with van der Waals surface area (Å²) in [5, 5.41) is 9.58. The second-order valence-electron chi connectivity index (χ2n) is 4.44. The van der Waals surface area contributed by atoms with Crippen LogP contribution in [0.3, 0.4) is 0 Å². The third kappa shape index (κ3) is 2.12. The van der Waals surface area contributed by atoms with Crippen LogP contribution < -0.4 is 4.74 Å². The molecule has 3 nitrogen and oxygen atoms in total. The minimum atomic E-state index is -0.864. The molecule has 0 aromatic heterocycles. The smallest absolute Gasteiger partial charge is 0.315 e. The number of rotatable bonds is 1. The third-order valence-corrected chi connectivity index (χ3v) is 3.77. The van der Waals surface area contributed by atoms with E-state index in [4.69, 9.17) is 4.74 Å². The van der Waals surface area contributed by atoms with E-state index >= 15 is 0 Å². The largest absolute Gasteiger partial charge is 0.489 e. The Kier molecular flexibility index (Phi) is 3.03. The van der Waals surface area contributed by atoms with Gasteiger partial charge < -0.3 is 9.84 Å². The van der Waals surface area contributed by atoms with E-state index in [0.29, 0.717) is 17.9 Å². The van der Waals surface area contributed by atoms with Crippen molar-refractivity contribution in [3.05, 3.63) is 63.6 Å². The SMILES string of the molecule is O=C(O)[C@H]1c2cc(Br)ccc2COc2ccccc21.